The van der Waals surface area contributed by atoms with Crippen LogP contribution < -0.4 is 5.56 Å². The van der Waals surface area contributed by atoms with Gasteiger partial charge in [-0.3, -0.25) is 9.59 Å². The highest BCUT2D eigenvalue weighted by molar-refractivity contribution is 5.69. The van der Waals surface area contributed by atoms with E-state index >= 15 is 0 Å². The molecule has 1 aromatic heterocycles. The number of nitrogens with one attached hydrogen (secondary N) is 1. The van der Waals surface area contributed by atoms with E-state index in [1.165, 1.54) is 0 Å². The van der Waals surface area contributed by atoms with Crippen LogP contribution in [0.25, 0.3) is 0 Å². The van der Waals surface area contributed by atoms with E-state index in [2.05, 4.69) is 9.97 Å². The number of H-pyrrole nitrogens is 1. The first-order chi connectivity index (χ1) is 8.45. The molecular formula is C13H20N2O3. The molecule has 0 aliphatic carbocycles. The zero-order chi connectivity index (χ0) is 13.7. The number of hydrogen-bond donors (Lipinski definition) is 1. The molecule has 0 fully saturated rings. The zero-order valence-corrected chi connectivity index (χ0v) is 11.4. The van der Waals surface area contributed by atoms with Gasteiger partial charge < -0.3 is 9.72 Å². The number of aryl methyl sites for hydroxylation is 1. The molecule has 0 unspecified atom stereocenters. The lowest BCUT2D eigenvalue weighted by molar-refractivity contribution is -0.143. The van der Waals surface area contributed by atoms with Crippen LogP contribution in [0.2, 0.25) is 0 Å². The Morgan fingerprint density at radius 2 is 2.11 bits per heavy atom. The van der Waals surface area contributed by atoms with Gasteiger partial charge in [0.05, 0.1) is 12.3 Å². The minimum Gasteiger partial charge on any atom is -0.466 e. The lowest BCUT2D eigenvalue weighted by Gasteiger charge is -2.11. The molecule has 0 atom stereocenters. The summed E-state index contributed by atoms with van der Waals surface area (Å²) in [7, 11) is 0. The first kappa shape index (κ1) is 14.4. The molecule has 18 heavy (non-hydrogen) atoms. The number of nitrogens with zero attached hydrogens (tertiary/aromatic N) is 1. The Balaban J connectivity index is 2.94. The van der Waals surface area contributed by atoms with Gasteiger partial charge >= 0.3 is 5.97 Å². The summed E-state index contributed by atoms with van der Waals surface area (Å²) in [6, 6.07) is 0. The predicted molar refractivity (Wildman–Crippen MR) is 68.6 cm³/mol. The highest BCUT2D eigenvalue weighted by Gasteiger charge is 2.15. The molecule has 0 spiro atoms. The molecule has 0 aliphatic rings. The van der Waals surface area contributed by atoms with Gasteiger partial charge in [-0.05, 0) is 26.2 Å². The van der Waals surface area contributed by atoms with Crippen LogP contribution in [0.15, 0.2) is 4.79 Å². The molecule has 0 amide bonds. The molecule has 1 aromatic rings. The Bertz CT molecular complexity index is 478. The lowest BCUT2D eigenvalue weighted by atomic mass is 10.0. The Morgan fingerprint density at radius 1 is 1.44 bits per heavy atom. The Kier molecular flexibility index (Phi) is 5.07. The quantitative estimate of drug-likeness (QED) is 0.809. The fourth-order valence-electron chi connectivity index (χ4n) is 1.81. The molecule has 5 heteroatoms. The van der Waals surface area contributed by atoms with Crippen LogP contribution in [-0.4, -0.2) is 22.5 Å². The molecule has 0 bridgehead atoms. The summed E-state index contributed by atoms with van der Waals surface area (Å²) in [5.74, 6) is 0.471. The van der Waals surface area contributed by atoms with Crippen molar-refractivity contribution < 1.29 is 9.53 Å². The van der Waals surface area contributed by atoms with Gasteiger partial charge in [0.2, 0.25) is 0 Å². The third-order valence-corrected chi connectivity index (χ3v) is 2.60. The van der Waals surface area contributed by atoms with E-state index in [0.29, 0.717) is 24.4 Å². The number of hydrogen-bond acceptors (Lipinski definition) is 4. The van der Waals surface area contributed by atoms with Crippen molar-refractivity contribution in [2.75, 3.05) is 6.61 Å². The van der Waals surface area contributed by atoms with E-state index in [9.17, 15) is 9.59 Å². The molecule has 100 valence electrons. The van der Waals surface area contributed by atoms with Gasteiger partial charge in [-0.2, -0.15) is 0 Å². The van der Waals surface area contributed by atoms with Crippen molar-refractivity contribution in [3.63, 3.8) is 0 Å². The SMILES string of the molecule is CCOC(=O)CCc1c(C(C)C)nc(C)[nH]c1=O. The summed E-state index contributed by atoms with van der Waals surface area (Å²) < 4.78 is 4.86. The van der Waals surface area contributed by atoms with Crippen molar-refractivity contribution in [2.24, 2.45) is 0 Å². The lowest BCUT2D eigenvalue weighted by Crippen LogP contribution is -2.21. The summed E-state index contributed by atoms with van der Waals surface area (Å²) >= 11 is 0. The number of aromatic amines is 1. The van der Waals surface area contributed by atoms with Gasteiger partial charge in [0.25, 0.3) is 5.56 Å². The van der Waals surface area contributed by atoms with Crippen molar-refractivity contribution in [3.8, 4) is 0 Å². The molecule has 0 radical (unpaired) electrons. The highest BCUT2D eigenvalue weighted by atomic mass is 16.5. The number of esters is 1. The molecule has 0 aliphatic heterocycles. The van der Waals surface area contributed by atoms with Crippen molar-refractivity contribution in [1.82, 2.24) is 9.97 Å². The van der Waals surface area contributed by atoms with Crippen molar-refractivity contribution >= 4 is 5.97 Å². The molecule has 0 aromatic carbocycles. The number of aromatic nitrogens is 2. The largest absolute Gasteiger partial charge is 0.466 e. The second kappa shape index (κ2) is 6.33. The van der Waals surface area contributed by atoms with E-state index in [4.69, 9.17) is 4.74 Å². The van der Waals surface area contributed by atoms with Crippen LogP contribution in [0.1, 0.15) is 50.2 Å². The molecule has 1 heterocycles. The first-order valence-electron chi connectivity index (χ1n) is 6.21. The normalized spacial score (nSPS) is 10.7. The van der Waals surface area contributed by atoms with Gasteiger partial charge in [-0.15, -0.1) is 0 Å². The number of carbonyl (C=O) groups is 1. The summed E-state index contributed by atoms with van der Waals surface area (Å²) in [5.41, 5.74) is 1.19. The van der Waals surface area contributed by atoms with Gasteiger partial charge in [0.1, 0.15) is 5.82 Å². The van der Waals surface area contributed by atoms with Gasteiger partial charge in [0.15, 0.2) is 0 Å². The maximum Gasteiger partial charge on any atom is 0.306 e. The zero-order valence-electron chi connectivity index (χ0n) is 11.4. The maximum atomic E-state index is 11.9. The standard InChI is InChI=1S/C13H20N2O3/c1-5-18-11(16)7-6-10-12(8(2)3)14-9(4)15-13(10)17/h8H,5-7H2,1-4H3,(H,14,15,17). The fourth-order valence-corrected chi connectivity index (χ4v) is 1.81. The fraction of sp³-hybridized carbons (Fsp3) is 0.615. The molecule has 1 rings (SSSR count). The monoisotopic (exact) mass is 252 g/mol. The topological polar surface area (TPSA) is 72.0 Å². The van der Waals surface area contributed by atoms with Crippen LogP contribution in [0.4, 0.5) is 0 Å². The van der Waals surface area contributed by atoms with Crippen LogP contribution in [0.3, 0.4) is 0 Å². The average Bonchev–Trinajstić information content (AvgIpc) is 2.27. The van der Waals surface area contributed by atoms with Gasteiger partial charge in [-0.1, -0.05) is 13.8 Å². The summed E-state index contributed by atoms with van der Waals surface area (Å²) in [6.07, 6.45) is 0.580. The second-order valence-electron chi connectivity index (χ2n) is 4.47. The van der Waals surface area contributed by atoms with E-state index in [1.807, 2.05) is 13.8 Å². The number of carbonyl (C=O) groups excluding carboxylic acids is 1. The Labute approximate surface area is 107 Å². The third-order valence-electron chi connectivity index (χ3n) is 2.60. The smallest absolute Gasteiger partial charge is 0.306 e. The number of ether oxygens (including phenoxy) is 1. The Morgan fingerprint density at radius 3 is 2.67 bits per heavy atom. The van der Waals surface area contributed by atoms with Gasteiger partial charge in [0, 0.05) is 12.0 Å². The minimum atomic E-state index is -0.285. The third kappa shape index (κ3) is 3.68. The highest BCUT2D eigenvalue weighted by Crippen LogP contribution is 2.15. The minimum absolute atomic E-state index is 0.156. The molecule has 0 saturated heterocycles. The maximum absolute atomic E-state index is 11.9. The summed E-state index contributed by atoms with van der Waals surface area (Å²) in [4.78, 5) is 30.2. The van der Waals surface area contributed by atoms with E-state index in [-0.39, 0.29) is 23.9 Å². The van der Waals surface area contributed by atoms with Gasteiger partial charge in [-0.25, -0.2) is 4.98 Å². The van der Waals surface area contributed by atoms with Crippen LogP contribution in [0, 0.1) is 6.92 Å². The van der Waals surface area contributed by atoms with Crippen molar-refractivity contribution in [3.05, 3.63) is 27.4 Å². The molecule has 0 saturated carbocycles. The van der Waals surface area contributed by atoms with Crippen molar-refractivity contribution in [1.29, 1.82) is 0 Å². The molecule has 1 N–H and O–H groups in total. The summed E-state index contributed by atoms with van der Waals surface area (Å²) in [5, 5.41) is 0. The number of rotatable bonds is 5. The summed E-state index contributed by atoms with van der Waals surface area (Å²) in [6.45, 7) is 7.84. The van der Waals surface area contributed by atoms with Crippen LogP contribution in [0.5, 0.6) is 0 Å². The first-order valence-corrected chi connectivity index (χ1v) is 6.21. The van der Waals surface area contributed by atoms with E-state index < -0.39 is 0 Å². The predicted octanol–water partition coefficient (Wildman–Crippen LogP) is 1.70. The Hall–Kier alpha value is -1.65. The molecular weight excluding hydrogens is 232 g/mol. The van der Waals surface area contributed by atoms with Crippen LogP contribution in [-0.2, 0) is 16.0 Å². The van der Waals surface area contributed by atoms with Crippen LogP contribution >= 0.6 is 0 Å². The molecule has 5 nitrogen and oxygen atoms in total. The van der Waals surface area contributed by atoms with Crippen molar-refractivity contribution in [2.45, 2.75) is 46.5 Å². The van der Waals surface area contributed by atoms with E-state index in [1.54, 1.807) is 13.8 Å². The second-order valence-corrected chi connectivity index (χ2v) is 4.47. The van der Waals surface area contributed by atoms with E-state index in [0.717, 1.165) is 5.69 Å². The average molecular weight is 252 g/mol.